The Bertz CT molecular complexity index is 752. The number of piperidine rings is 1. The molecule has 2 aliphatic rings. The Labute approximate surface area is 153 Å². The number of likely N-dealkylation sites (tertiary alicyclic amines) is 1. The van der Waals surface area contributed by atoms with Gasteiger partial charge in [0.25, 0.3) is 0 Å². The molecular weight excluding hydrogens is 356 g/mol. The third kappa shape index (κ3) is 5.34. The maximum Gasteiger partial charge on any atom is 0.220 e. The van der Waals surface area contributed by atoms with Gasteiger partial charge in [0.15, 0.2) is 15.7 Å². The maximum atomic E-state index is 12.0. The number of amides is 1. The van der Waals surface area contributed by atoms with Crippen molar-refractivity contribution in [2.24, 2.45) is 5.92 Å². The predicted octanol–water partition coefficient (Wildman–Crippen LogP) is 0.112. The molecule has 1 saturated heterocycles. The minimum absolute atomic E-state index is 0.0513. The van der Waals surface area contributed by atoms with Gasteiger partial charge in [-0.2, -0.15) is 0 Å². The first-order valence-corrected chi connectivity index (χ1v) is 10.8. The summed E-state index contributed by atoms with van der Waals surface area (Å²) >= 11 is 0. The van der Waals surface area contributed by atoms with Crippen LogP contribution in [0, 0.1) is 5.92 Å². The van der Waals surface area contributed by atoms with Crippen molar-refractivity contribution in [2.45, 2.75) is 51.7 Å². The number of sulfone groups is 1. The first-order valence-electron chi connectivity index (χ1n) is 9.09. The zero-order valence-corrected chi connectivity index (χ0v) is 15.9. The lowest BCUT2D eigenvalue weighted by Gasteiger charge is -2.29. The van der Waals surface area contributed by atoms with E-state index in [1.54, 1.807) is 4.68 Å². The van der Waals surface area contributed by atoms with Gasteiger partial charge in [-0.3, -0.25) is 9.69 Å². The number of nitrogens with one attached hydrogen (secondary N) is 1. The molecule has 144 valence electrons. The molecule has 0 radical (unpaired) electrons. The number of rotatable bonds is 7. The smallest absolute Gasteiger partial charge is 0.220 e. The zero-order valence-electron chi connectivity index (χ0n) is 15.0. The minimum Gasteiger partial charge on any atom is -0.349 e. The SMILES string of the molecule is CC1CCN(Cc2nnnn2CCCC(=O)NC2C=CS(=O)(=O)C2)CC1. The van der Waals surface area contributed by atoms with Crippen LogP contribution < -0.4 is 5.32 Å². The van der Waals surface area contributed by atoms with E-state index >= 15 is 0 Å². The molecule has 1 atom stereocenters. The number of aryl methyl sites for hydroxylation is 1. The fourth-order valence-corrected chi connectivity index (χ4v) is 4.50. The molecular formula is C16H26N6O3S. The summed E-state index contributed by atoms with van der Waals surface area (Å²) in [5, 5.41) is 15.8. The first kappa shape index (κ1) is 19.0. The van der Waals surface area contributed by atoms with E-state index in [1.165, 1.54) is 18.9 Å². The van der Waals surface area contributed by atoms with Gasteiger partial charge < -0.3 is 5.32 Å². The van der Waals surface area contributed by atoms with Gasteiger partial charge >= 0.3 is 0 Å². The lowest BCUT2D eigenvalue weighted by molar-refractivity contribution is -0.121. The van der Waals surface area contributed by atoms with Crippen LogP contribution in [0.3, 0.4) is 0 Å². The van der Waals surface area contributed by atoms with Crippen molar-refractivity contribution in [3.05, 3.63) is 17.3 Å². The van der Waals surface area contributed by atoms with E-state index in [0.717, 1.165) is 36.8 Å². The highest BCUT2D eigenvalue weighted by Gasteiger charge is 2.23. The Morgan fingerprint density at radius 2 is 2.12 bits per heavy atom. The summed E-state index contributed by atoms with van der Waals surface area (Å²) in [4.78, 5) is 14.3. The van der Waals surface area contributed by atoms with Crippen LogP contribution in [0.4, 0.5) is 0 Å². The highest BCUT2D eigenvalue weighted by Crippen LogP contribution is 2.17. The highest BCUT2D eigenvalue weighted by atomic mass is 32.2. The van der Waals surface area contributed by atoms with Crippen LogP contribution in [-0.2, 0) is 27.7 Å². The second-order valence-corrected chi connectivity index (χ2v) is 9.14. The number of carbonyl (C=O) groups excluding carboxylic acids is 1. The lowest BCUT2D eigenvalue weighted by Crippen LogP contribution is -2.35. The largest absolute Gasteiger partial charge is 0.349 e. The van der Waals surface area contributed by atoms with Crippen molar-refractivity contribution >= 4 is 15.7 Å². The van der Waals surface area contributed by atoms with Gasteiger partial charge in [-0.25, -0.2) is 13.1 Å². The van der Waals surface area contributed by atoms with Gasteiger partial charge in [0, 0.05) is 18.4 Å². The van der Waals surface area contributed by atoms with Gasteiger partial charge in [-0.1, -0.05) is 6.92 Å². The van der Waals surface area contributed by atoms with Gasteiger partial charge in [-0.05, 0) is 54.8 Å². The maximum absolute atomic E-state index is 12.0. The molecule has 26 heavy (non-hydrogen) atoms. The van der Waals surface area contributed by atoms with Gasteiger partial charge in [0.05, 0.1) is 18.3 Å². The second kappa shape index (κ2) is 8.26. The van der Waals surface area contributed by atoms with Gasteiger partial charge in [0.1, 0.15) is 0 Å². The molecule has 0 aliphatic carbocycles. The summed E-state index contributed by atoms with van der Waals surface area (Å²) in [7, 11) is -3.15. The van der Waals surface area contributed by atoms with E-state index in [4.69, 9.17) is 0 Å². The lowest BCUT2D eigenvalue weighted by atomic mass is 9.99. The molecule has 3 rings (SSSR count). The van der Waals surface area contributed by atoms with E-state index in [-0.39, 0.29) is 11.7 Å². The predicted molar refractivity (Wildman–Crippen MR) is 95.6 cm³/mol. The summed E-state index contributed by atoms with van der Waals surface area (Å²) in [6.45, 7) is 5.71. The third-order valence-electron chi connectivity index (χ3n) is 4.90. The van der Waals surface area contributed by atoms with E-state index in [9.17, 15) is 13.2 Å². The van der Waals surface area contributed by atoms with Gasteiger partial charge in [-0.15, -0.1) is 5.10 Å². The molecule has 9 nitrogen and oxygen atoms in total. The van der Waals surface area contributed by atoms with Crippen molar-refractivity contribution in [3.63, 3.8) is 0 Å². The molecule has 1 aromatic rings. The van der Waals surface area contributed by atoms with Crippen molar-refractivity contribution in [3.8, 4) is 0 Å². The number of tetrazole rings is 1. The van der Waals surface area contributed by atoms with Crippen molar-refractivity contribution in [1.29, 1.82) is 0 Å². The average molecular weight is 382 g/mol. The second-order valence-electron chi connectivity index (χ2n) is 7.21. The van der Waals surface area contributed by atoms with Crippen molar-refractivity contribution < 1.29 is 13.2 Å². The minimum atomic E-state index is -3.15. The number of aromatic nitrogens is 4. The normalized spacial score (nSPS) is 23.3. The molecule has 1 aromatic heterocycles. The average Bonchev–Trinajstić information content (AvgIpc) is 3.16. The van der Waals surface area contributed by atoms with Crippen LogP contribution in [0.25, 0.3) is 0 Å². The number of hydrogen-bond acceptors (Lipinski definition) is 7. The number of hydrogen-bond donors (Lipinski definition) is 1. The standard InChI is InChI=1S/C16H26N6O3S/c1-13-4-8-21(9-5-13)11-15-18-19-20-22(15)7-2-3-16(23)17-14-6-10-26(24,25)12-14/h6,10,13-14H,2-5,7-9,11-12H2,1H3,(H,17,23). The molecule has 0 bridgehead atoms. The quantitative estimate of drug-likeness (QED) is 0.713. The monoisotopic (exact) mass is 382 g/mol. The van der Waals surface area contributed by atoms with Crippen LogP contribution in [0.15, 0.2) is 11.5 Å². The zero-order chi connectivity index (χ0) is 18.6. The Morgan fingerprint density at radius 1 is 1.35 bits per heavy atom. The fourth-order valence-electron chi connectivity index (χ4n) is 3.26. The molecule has 1 N–H and O–H groups in total. The molecule has 1 amide bonds. The Hall–Kier alpha value is -1.81. The summed E-state index contributed by atoms with van der Waals surface area (Å²) < 4.78 is 24.4. The summed E-state index contributed by atoms with van der Waals surface area (Å²) in [6.07, 6.45) is 4.83. The fraction of sp³-hybridized carbons (Fsp3) is 0.750. The van der Waals surface area contributed by atoms with E-state index in [1.807, 2.05) is 0 Å². The van der Waals surface area contributed by atoms with E-state index < -0.39 is 15.9 Å². The summed E-state index contributed by atoms with van der Waals surface area (Å²) in [6, 6.07) is -0.419. The first-order chi connectivity index (χ1) is 12.4. The number of nitrogens with zero attached hydrogens (tertiary/aromatic N) is 5. The molecule has 3 heterocycles. The van der Waals surface area contributed by atoms with Crippen LogP contribution in [0.1, 0.15) is 38.4 Å². The molecule has 1 unspecified atom stereocenters. The molecule has 1 fully saturated rings. The van der Waals surface area contributed by atoms with Crippen LogP contribution in [0.5, 0.6) is 0 Å². The van der Waals surface area contributed by atoms with Crippen LogP contribution in [-0.4, -0.2) is 64.3 Å². The highest BCUT2D eigenvalue weighted by molar-refractivity contribution is 7.94. The Kier molecular flexibility index (Phi) is 6.02. The van der Waals surface area contributed by atoms with E-state index in [2.05, 4.69) is 32.7 Å². The van der Waals surface area contributed by atoms with Crippen LogP contribution >= 0.6 is 0 Å². The third-order valence-corrected chi connectivity index (χ3v) is 6.29. The van der Waals surface area contributed by atoms with E-state index in [0.29, 0.717) is 19.4 Å². The number of carbonyl (C=O) groups is 1. The van der Waals surface area contributed by atoms with Crippen molar-refractivity contribution in [1.82, 2.24) is 30.4 Å². The van der Waals surface area contributed by atoms with Gasteiger partial charge in [0.2, 0.25) is 5.91 Å². The molecule has 2 aliphatic heterocycles. The summed E-state index contributed by atoms with van der Waals surface area (Å²) in [5.74, 6) is 1.40. The molecule has 0 spiro atoms. The van der Waals surface area contributed by atoms with Crippen molar-refractivity contribution in [2.75, 3.05) is 18.8 Å². The Morgan fingerprint density at radius 3 is 2.81 bits per heavy atom. The molecule has 10 heteroatoms. The molecule has 0 saturated carbocycles. The Balaban J connectivity index is 1.41. The topological polar surface area (TPSA) is 110 Å². The molecule has 0 aromatic carbocycles. The van der Waals surface area contributed by atoms with Crippen LogP contribution in [0.2, 0.25) is 0 Å². The summed E-state index contributed by atoms with van der Waals surface area (Å²) in [5.41, 5.74) is 0.